The number of hydrazine groups is 1. The number of anilines is 1. The Morgan fingerprint density at radius 2 is 1.86 bits per heavy atom. The van der Waals surface area contributed by atoms with Gasteiger partial charge in [0.1, 0.15) is 0 Å². The van der Waals surface area contributed by atoms with Crippen LogP contribution < -0.4 is 10.9 Å². The summed E-state index contributed by atoms with van der Waals surface area (Å²) in [6.45, 7) is 0. The van der Waals surface area contributed by atoms with E-state index in [9.17, 15) is 9.18 Å². The molecular weight excluding hydrogens is 287 g/mol. The second-order valence-electron chi connectivity index (χ2n) is 4.34. The minimum atomic E-state index is -0.598. The molecule has 0 atom stereocenters. The number of nitrogens with one attached hydrogen (secondary N) is 2. The molecule has 0 spiro atoms. The second kappa shape index (κ2) is 6.04. The lowest BCUT2D eigenvalue weighted by atomic mass is 10.2. The molecule has 0 unspecified atom stereocenters. The Bertz CT molecular complexity index is 772. The molecule has 110 valence electrons. The van der Waals surface area contributed by atoms with Gasteiger partial charge in [-0.2, -0.15) is 4.39 Å². The highest BCUT2D eigenvalue weighted by molar-refractivity contribution is 5.92. The molecule has 1 aromatic carbocycles. The monoisotopic (exact) mass is 298 g/mol. The summed E-state index contributed by atoms with van der Waals surface area (Å²) in [6, 6.07) is 11.9. The Morgan fingerprint density at radius 1 is 1.05 bits per heavy atom. The van der Waals surface area contributed by atoms with Gasteiger partial charge in [-0.15, -0.1) is 0 Å². The summed E-state index contributed by atoms with van der Waals surface area (Å²) < 4.78 is 18.1. The molecule has 6 nitrogen and oxygen atoms in total. The number of carbonyl (C=O) groups excluding carboxylic acids is 1. The fourth-order valence-electron chi connectivity index (χ4n) is 1.73. The van der Waals surface area contributed by atoms with Crippen LogP contribution in [0.3, 0.4) is 0 Å². The van der Waals surface area contributed by atoms with Crippen LogP contribution in [0.25, 0.3) is 11.5 Å². The molecule has 3 rings (SSSR count). The summed E-state index contributed by atoms with van der Waals surface area (Å²) >= 11 is 0. The molecule has 2 aromatic heterocycles. The highest BCUT2D eigenvalue weighted by Gasteiger charge is 2.13. The molecule has 0 saturated heterocycles. The first kappa shape index (κ1) is 13.7. The van der Waals surface area contributed by atoms with Crippen molar-refractivity contribution in [1.29, 1.82) is 0 Å². The number of halogens is 1. The van der Waals surface area contributed by atoms with Crippen molar-refractivity contribution in [1.82, 2.24) is 15.4 Å². The van der Waals surface area contributed by atoms with Gasteiger partial charge in [0.05, 0.1) is 18.1 Å². The quantitative estimate of drug-likeness (QED) is 0.571. The lowest BCUT2D eigenvalue weighted by Gasteiger charge is -2.05. The van der Waals surface area contributed by atoms with Crippen LogP contribution in [-0.2, 0) is 0 Å². The average molecular weight is 298 g/mol. The molecule has 3 aromatic rings. The standard InChI is InChI=1S/C15H11FN4O2/c16-13-7-6-11(8-17-13)19-20-14(21)12-9-18-15(22-12)10-4-2-1-3-5-10/h1-9,19H,(H,20,21). The minimum Gasteiger partial charge on any atom is -0.431 e. The van der Waals surface area contributed by atoms with Crippen molar-refractivity contribution in [3.8, 4) is 11.5 Å². The number of rotatable bonds is 4. The van der Waals surface area contributed by atoms with Crippen molar-refractivity contribution < 1.29 is 13.6 Å². The minimum absolute atomic E-state index is 0.0569. The van der Waals surface area contributed by atoms with Gasteiger partial charge < -0.3 is 4.42 Å². The van der Waals surface area contributed by atoms with Gasteiger partial charge in [-0.05, 0) is 24.3 Å². The molecular formula is C15H11FN4O2. The number of hydrogen-bond donors (Lipinski definition) is 2. The topological polar surface area (TPSA) is 80.0 Å². The summed E-state index contributed by atoms with van der Waals surface area (Å²) in [6.07, 6.45) is 2.59. The van der Waals surface area contributed by atoms with E-state index in [0.717, 1.165) is 5.56 Å². The summed E-state index contributed by atoms with van der Waals surface area (Å²) in [5.41, 5.74) is 6.23. The molecule has 0 aliphatic rings. The zero-order valence-electron chi connectivity index (χ0n) is 11.3. The van der Waals surface area contributed by atoms with E-state index in [-0.39, 0.29) is 5.76 Å². The van der Waals surface area contributed by atoms with Crippen LogP contribution in [0, 0.1) is 5.95 Å². The molecule has 7 heteroatoms. The Balaban J connectivity index is 1.66. The third kappa shape index (κ3) is 3.09. The fraction of sp³-hybridized carbons (Fsp3) is 0. The van der Waals surface area contributed by atoms with Gasteiger partial charge in [-0.1, -0.05) is 18.2 Å². The van der Waals surface area contributed by atoms with Crippen LogP contribution in [0.2, 0.25) is 0 Å². The molecule has 1 amide bonds. The fourth-order valence-corrected chi connectivity index (χ4v) is 1.73. The lowest BCUT2D eigenvalue weighted by Crippen LogP contribution is -2.29. The Morgan fingerprint density at radius 3 is 2.59 bits per heavy atom. The number of carbonyl (C=O) groups is 1. The Labute approximate surface area is 125 Å². The molecule has 0 aliphatic heterocycles. The van der Waals surface area contributed by atoms with Gasteiger partial charge in [0.25, 0.3) is 0 Å². The summed E-state index contributed by atoms with van der Waals surface area (Å²) in [5, 5.41) is 0. The van der Waals surface area contributed by atoms with E-state index in [0.29, 0.717) is 11.6 Å². The lowest BCUT2D eigenvalue weighted by molar-refractivity contribution is 0.0936. The molecule has 0 saturated carbocycles. The highest BCUT2D eigenvalue weighted by atomic mass is 19.1. The summed E-state index contributed by atoms with van der Waals surface area (Å²) in [5.74, 6) is -0.686. The van der Waals surface area contributed by atoms with Crippen LogP contribution >= 0.6 is 0 Å². The largest absolute Gasteiger partial charge is 0.431 e. The van der Waals surface area contributed by atoms with E-state index in [1.165, 1.54) is 24.5 Å². The van der Waals surface area contributed by atoms with E-state index in [1.54, 1.807) is 0 Å². The predicted molar refractivity (Wildman–Crippen MR) is 77.2 cm³/mol. The molecule has 2 N–H and O–H groups in total. The second-order valence-corrected chi connectivity index (χ2v) is 4.34. The van der Waals surface area contributed by atoms with E-state index in [1.807, 2.05) is 30.3 Å². The molecule has 22 heavy (non-hydrogen) atoms. The maximum Gasteiger partial charge on any atom is 0.307 e. The van der Waals surface area contributed by atoms with Crippen molar-refractivity contribution >= 4 is 11.6 Å². The van der Waals surface area contributed by atoms with Gasteiger partial charge >= 0.3 is 5.91 Å². The maximum absolute atomic E-state index is 12.7. The van der Waals surface area contributed by atoms with Crippen molar-refractivity contribution in [3.63, 3.8) is 0 Å². The number of oxazole rings is 1. The van der Waals surface area contributed by atoms with Crippen LogP contribution in [-0.4, -0.2) is 15.9 Å². The van der Waals surface area contributed by atoms with E-state index < -0.39 is 11.9 Å². The zero-order chi connectivity index (χ0) is 15.4. The van der Waals surface area contributed by atoms with Crippen molar-refractivity contribution in [2.45, 2.75) is 0 Å². The summed E-state index contributed by atoms with van der Waals surface area (Å²) in [7, 11) is 0. The molecule has 0 fully saturated rings. The van der Waals surface area contributed by atoms with Crippen LogP contribution in [0.15, 0.2) is 59.3 Å². The van der Waals surface area contributed by atoms with Gasteiger partial charge in [-0.3, -0.25) is 15.6 Å². The number of nitrogens with zero attached hydrogens (tertiary/aromatic N) is 2. The molecule has 0 radical (unpaired) electrons. The number of hydrogen-bond acceptors (Lipinski definition) is 5. The third-order valence-electron chi connectivity index (χ3n) is 2.80. The normalized spacial score (nSPS) is 10.2. The van der Waals surface area contributed by atoms with Gasteiger partial charge in [0, 0.05) is 5.56 Å². The predicted octanol–water partition coefficient (Wildman–Crippen LogP) is 2.63. The maximum atomic E-state index is 12.7. The Kier molecular flexibility index (Phi) is 3.78. The van der Waals surface area contributed by atoms with Gasteiger partial charge in [0.2, 0.25) is 17.6 Å². The molecule has 0 bridgehead atoms. The summed E-state index contributed by atoms with van der Waals surface area (Å²) in [4.78, 5) is 19.4. The number of benzene rings is 1. The number of aromatic nitrogens is 2. The van der Waals surface area contributed by atoms with Crippen molar-refractivity contribution in [3.05, 3.63) is 66.6 Å². The SMILES string of the molecule is O=C(NNc1ccc(F)nc1)c1cnc(-c2ccccc2)o1. The van der Waals surface area contributed by atoms with Crippen LogP contribution in [0.4, 0.5) is 10.1 Å². The van der Waals surface area contributed by atoms with Crippen molar-refractivity contribution in [2.24, 2.45) is 0 Å². The van der Waals surface area contributed by atoms with E-state index >= 15 is 0 Å². The van der Waals surface area contributed by atoms with E-state index in [2.05, 4.69) is 20.8 Å². The number of pyridine rings is 1. The Hall–Kier alpha value is -3.22. The molecule has 0 aliphatic carbocycles. The first-order valence-electron chi connectivity index (χ1n) is 6.41. The van der Waals surface area contributed by atoms with Gasteiger partial charge in [0.15, 0.2) is 0 Å². The number of amides is 1. The van der Waals surface area contributed by atoms with Gasteiger partial charge in [-0.25, -0.2) is 9.97 Å². The first-order valence-corrected chi connectivity index (χ1v) is 6.41. The molecule has 2 heterocycles. The van der Waals surface area contributed by atoms with Crippen LogP contribution in [0.5, 0.6) is 0 Å². The van der Waals surface area contributed by atoms with Crippen molar-refractivity contribution in [2.75, 3.05) is 5.43 Å². The highest BCUT2D eigenvalue weighted by Crippen LogP contribution is 2.18. The first-order chi connectivity index (χ1) is 10.7. The smallest absolute Gasteiger partial charge is 0.307 e. The van der Waals surface area contributed by atoms with E-state index in [4.69, 9.17) is 4.42 Å². The zero-order valence-corrected chi connectivity index (χ0v) is 11.3. The van der Waals surface area contributed by atoms with Crippen LogP contribution in [0.1, 0.15) is 10.6 Å². The average Bonchev–Trinajstić information content (AvgIpc) is 3.05. The third-order valence-corrected chi connectivity index (χ3v) is 2.80.